The number of rotatable bonds is 8. The van der Waals surface area contributed by atoms with Crippen LogP contribution < -0.4 is 5.32 Å². The normalized spacial score (nSPS) is 11.7. The van der Waals surface area contributed by atoms with Crippen molar-refractivity contribution < 1.29 is 0 Å². The third-order valence-electron chi connectivity index (χ3n) is 3.16. The van der Waals surface area contributed by atoms with Crippen LogP contribution in [-0.4, -0.2) is 52.3 Å². The van der Waals surface area contributed by atoms with Gasteiger partial charge < -0.3 is 14.8 Å². The number of aryl methyl sites for hydroxylation is 1. The molecule has 0 aliphatic heterocycles. The molecular weight excluding hydrogens is 252 g/mol. The first kappa shape index (κ1) is 16.5. The Labute approximate surface area is 122 Å². The second-order valence-corrected chi connectivity index (χ2v) is 4.80. The van der Waals surface area contributed by atoms with E-state index in [1.165, 1.54) is 12.8 Å². The highest BCUT2D eigenvalue weighted by Gasteiger charge is 2.05. The maximum Gasteiger partial charge on any atom is 0.193 e. The zero-order chi connectivity index (χ0) is 14.8. The molecule has 0 spiro atoms. The smallest absolute Gasteiger partial charge is 0.193 e. The van der Waals surface area contributed by atoms with Gasteiger partial charge in [-0.2, -0.15) is 0 Å². The van der Waals surface area contributed by atoms with Crippen LogP contribution in [0.1, 0.15) is 39.4 Å². The van der Waals surface area contributed by atoms with E-state index in [1.807, 2.05) is 0 Å². The molecular formula is C14H28N6. The fraction of sp³-hybridized carbons (Fsp3) is 0.786. The Morgan fingerprint density at radius 3 is 2.85 bits per heavy atom. The molecule has 6 nitrogen and oxygen atoms in total. The first-order valence-corrected chi connectivity index (χ1v) is 7.59. The van der Waals surface area contributed by atoms with Crippen molar-refractivity contribution in [3.05, 3.63) is 12.2 Å². The Morgan fingerprint density at radius 1 is 1.40 bits per heavy atom. The first-order valence-electron chi connectivity index (χ1n) is 7.59. The Hall–Kier alpha value is -1.59. The molecule has 0 amide bonds. The Balaban J connectivity index is 2.54. The van der Waals surface area contributed by atoms with Gasteiger partial charge in [-0.3, -0.25) is 4.99 Å². The summed E-state index contributed by atoms with van der Waals surface area (Å²) in [5.41, 5.74) is 0. The second kappa shape index (κ2) is 9.34. The molecule has 0 aliphatic carbocycles. The number of aliphatic imine (C=N–C) groups is 1. The predicted molar refractivity (Wildman–Crippen MR) is 82.9 cm³/mol. The minimum absolute atomic E-state index is 0.740. The van der Waals surface area contributed by atoms with Crippen LogP contribution in [0.2, 0.25) is 0 Å². The van der Waals surface area contributed by atoms with Crippen LogP contribution >= 0.6 is 0 Å². The fourth-order valence-electron chi connectivity index (χ4n) is 1.97. The first-order chi connectivity index (χ1) is 9.72. The lowest BCUT2D eigenvalue weighted by Gasteiger charge is -2.21. The number of guanidine groups is 1. The highest BCUT2D eigenvalue weighted by atomic mass is 15.3. The van der Waals surface area contributed by atoms with Crippen LogP contribution in [0.3, 0.4) is 0 Å². The summed E-state index contributed by atoms with van der Waals surface area (Å²) in [5, 5.41) is 11.4. The van der Waals surface area contributed by atoms with Crippen molar-refractivity contribution in [2.45, 2.75) is 46.6 Å². The zero-order valence-corrected chi connectivity index (χ0v) is 13.3. The number of nitrogens with zero attached hydrogens (tertiary/aromatic N) is 5. The molecule has 1 N–H and O–H groups in total. The lowest BCUT2D eigenvalue weighted by Crippen LogP contribution is -2.39. The van der Waals surface area contributed by atoms with Crippen LogP contribution in [0.15, 0.2) is 11.3 Å². The average molecular weight is 280 g/mol. The molecule has 0 atom stereocenters. The minimum atomic E-state index is 0.740. The molecule has 1 aromatic heterocycles. The van der Waals surface area contributed by atoms with E-state index in [0.717, 1.165) is 44.4 Å². The molecule has 0 radical (unpaired) electrons. The predicted octanol–water partition coefficient (Wildman–Crippen LogP) is 1.54. The van der Waals surface area contributed by atoms with Gasteiger partial charge in [-0.1, -0.05) is 20.3 Å². The third-order valence-corrected chi connectivity index (χ3v) is 3.16. The van der Waals surface area contributed by atoms with E-state index >= 15 is 0 Å². The van der Waals surface area contributed by atoms with Gasteiger partial charge in [0.2, 0.25) is 0 Å². The van der Waals surface area contributed by atoms with Crippen LogP contribution in [0.4, 0.5) is 0 Å². The largest absolute Gasteiger partial charge is 0.357 e. The lowest BCUT2D eigenvalue weighted by atomic mass is 10.3. The monoisotopic (exact) mass is 280 g/mol. The molecule has 0 aromatic carbocycles. The van der Waals surface area contributed by atoms with Crippen molar-refractivity contribution in [1.82, 2.24) is 25.0 Å². The highest BCUT2D eigenvalue weighted by molar-refractivity contribution is 5.79. The van der Waals surface area contributed by atoms with Crippen molar-refractivity contribution in [2.24, 2.45) is 4.99 Å². The van der Waals surface area contributed by atoms with Gasteiger partial charge in [-0.05, 0) is 13.3 Å². The molecule has 1 rings (SSSR count). The van der Waals surface area contributed by atoms with Crippen LogP contribution in [0.25, 0.3) is 0 Å². The van der Waals surface area contributed by atoms with E-state index in [4.69, 9.17) is 0 Å². The van der Waals surface area contributed by atoms with Gasteiger partial charge in [0.25, 0.3) is 0 Å². The van der Waals surface area contributed by atoms with Gasteiger partial charge in [-0.15, -0.1) is 10.2 Å². The molecule has 0 bridgehead atoms. The van der Waals surface area contributed by atoms with E-state index in [-0.39, 0.29) is 0 Å². The van der Waals surface area contributed by atoms with Gasteiger partial charge in [-0.25, -0.2) is 0 Å². The van der Waals surface area contributed by atoms with Crippen LogP contribution in [0.5, 0.6) is 0 Å². The quantitative estimate of drug-likeness (QED) is 0.579. The second-order valence-electron chi connectivity index (χ2n) is 4.80. The van der Waals surface area contributed by atoms with Crippen molar-refractivity contribution in [1.29, 1.82) is 0 Å². The molecule has 0 fully saturated rings. The average Bonchev–Trinajstić information content (AvgIpc) is 2.91. The van der Waals surface area contributed by atoms with Gasteiger partial charge >= 0.3 is 0 Å². The van der Waals surface area contributed by atoms with Crippen molar-refractivity contribution in [3.8, 4) is 0 Å². The SMILES string of the molecule is CCCCN(C)C(=NCCn1cnnc1CC)NCC. The molecule has 20 heavy (non-hydrogen) atoms. The summed E-state index contributed by atoms with van der Waals surface area (Å²) in [6.45, 7) is 9.88. The van der Waals surface area contributed by atoms with Gasteiger partial charge in [0.15, 0.2) is 5.96 Å². The molecule has 114 valence electrons. The van der Waals surface area contributed by atoms with E-state index in [0.29, 0.717) is 0 Å². The van der Waals surface area contributed by atoms with Gasteiger partial charge in [0.05, 0.1) is 6.54 Å². The van der Waals surface area contributed by atoms with Gasteiger partial charge in [0.1, 0.15) is 12.2 Å². The molecule has 0 unspecified atom stereocenters. The van der Waals surface area contributed by atoms with Crippen molar-refractivity contribution >= 4 is 5.96 Å². The summed E-state index contributed by atoms with van der Waals surface area (Å²) >= 11 is 0. The maximum atomic E-state index is 4.67. The maximum absolute atomic E-state index is 4.67. The number of aromatic nitrogens is 3. The summed E-state index contributed by atoms with van der Waals surface area (Å²) in [6, 6.07) is 0. The van der Waals surface area contributed by atoms with E-state index in [9.17, 15) is 0 Å². The standard InChI is InChI=1S/C14H28N6/c1-5-8-10-19(4)14(15-7-3)16-9-11-20-12-17-18-13(20)6-2/h12H,5-11H2,1-4H3,(H,15,16). The summed E-state index contributed by atoms with van der Waals surface area (Å²) in [7, 11) is 2.09. The molecule has 1 aromatic rings. The lowest BCUT2D eigenvalue weighted by molar-refractivity contribution is 0.464. The van der Waals surface area contributed by atoms with Crippen molar-refractivity contribution in [3.63, 3.8) is 0 Å². The molecule has 0 saturated carbocycles. The Morgan fingerprint density at radius 2 is 2.20 bits per heavy atom. The molecule has 1 heterocycles. The molecule has 6 heteroatoms. The number of hydrogen-bond acceptors (Lipinski definition) is 3. The number of unbranched alkanes of at least 4 members (excludes halogenated alkanes) is 1. The van der Waals surface area contributed by atoms with Crippen LogP contribution in [-0.2, 0) is 13.0 Å². The minimum Gasteiger partial charge on any atom is -0.357 e. The zero-order valence-electron chi connectivity index (χ0n) is 13.3. The topological polar surface area (TPSA) is 58.3 Å². The molecule has 0 saturated heterocycles. The third kappa shape index (κ3) is 5.19. The Kier molecular flexibility index (Phi) is 7.69. The van der Waals surface area contributed by atoms with E-state index < -0.39 is 0 Å². The Bertz CT molecular complexity index is 398. The number of hydrogen-bond donors (Lipinski definition) is 1. The van der Waals surface area contributed by atoms with E-state index in [1.54, 1.807) is 6.33 Å². The summed E-state index contributed by atoms with van der Waals surface area (Å²) in [5.74, 6) is 2.00. The highest BCUT2D eigenvalue weighted by Crippen LogP contribution is 1.97. The van der Waals surface area contributed by atoms with Crippen LogP contribution in [0, 0.1) is 0 Å². The number of nitrogens with one attached hydrogen (secondary N) is 1. The fourth-order valence-corrected chi connectivity index (χ4v) is 1.97. The van der Waals surface area contributed by atoms with Crippen molar-refractivity contribution in [2.75, 3.05) is 26.7 Å². The molecule has 0 aliphatic rings. The summed E-state index contributed by atoms with van der Waals surface area (Å²) in [6.07, 6.45) is 5.07. The summed E-state index contributed by atoms with van der Waals surface area (Å²) in [4.78, 5) is 6.87. The van der Waals surface area contributed by atoms with Gasteiger partial charge in [0, 0.05) is 33.1 Å². The van der Waals surface area contributed by atoms with E-state index in [2.05, 4.69) is 57.8 Å². The summed E-state index contributed by atoms with van der Waals surface area (Å²) < 4.78 is 2.07.